The first-order valence-corrected chi connectivity index (χ1v) is 4.81. The Hall–Kier alpha value is -0.370. The second-order valence-electron chi connectivity index (χ2n) is 3.91. The number of aliphatic hydroxyl groups excluding tert-OH is 1. The van der Waals surface area contributed by atoms with E-state index in [2.05, 4.69) is 0 Å². The molecule has 2 heteroatoms. The van der Waals surface area contributed by atoms with Crippen molar-refractivity contribution in [1.82, 2.24) is 0 Å². The third-order valence-corrected chi connectivity index (χ3v) is 3.07. The third-order valence-electron chi connectivity index (χ3n) is 3.07. The van der Waals surface area contributed by atoms with E-state index in [9.17, 15) is 9.90 Å². The van der Waals surface area contributed by atoms with Gasteiger partial charge in [-0.15, -0.1) is 0 Å². The Morgan fingerprint density at radius 3 is 2.50 bits per heavy atom. The van der Waals surface area contributed by atoms with Crippen LogP contribution >= 0.6 is 0 Å². The van der Waals surface area contributed by atoms with Crippen LogP contribution in [0.15, 0.2) is 0 Å². The number of rotatable bonds is 2. The number of aliphatic hydroxyl groups is 1. The van der Waals surface area contributed by atoms with Gasteiger partial charge in [0, 0.05) is 5.92 Å². The van der Waals surface area contributed by atoms with Gasteiger partial charge < -0.3 is 5.11 Å². The monoisotopic (exact) mass is 170 g/mol. The summed E-state index contributed by atoms with van der Waals surface area (Å²) in [6, 6.07) is 0. The summed E-state index contributed by atoms with van der Waals surface area (Å²) >= 11 is 0. The molecular formula is C10H18O2. The molecule has 0 aromatic rings. The van der Waals surface area contributed by atoms with Crippen LogP contribution in [0.4, 0.5) is 0 Å². The molecule has 1 saturated carbocycles. The molecule has 1 N–H and O–H groups in total. The Morgan fingerprint density at radius 2 is 2.00 bits per heavy atom. The van der Waals surface area contributed by atoms with Crippen LogP contribution in [0, 0.1) is 11.8 Å². The fourth-order valence-corrected chi connectivity index (χ4v) is 2.02. The Labute approximate surface area is 74.0 Å². The van der Waals surface area contributed by atoms with Gasteiger partial charge in [-0.3, -0.25) is 4.79 Å². The van der Waals surface area contributed by atoms with Crippen LogP contribution in [0.3, 0.4) is 0 Å². The number of hydrogen-bond donors (Lipinski definition) is 1. The fraction of sp³-hybridized carbons (Fsp3) is 0.900. The number of carbonyl (C=O) groups is 1. The molecular weight excluding hydrogens is 152 g/mol. The minimum absolute atomic E-state index is 0.0419. The van der Waals surface area contributed by atoms with Gasteiger partial charge in [0.05, 0.1) is 6.10 Å². The van der Waals surface area contributed by atoms with Gasteiger partial charge in [-0.25, -0.2) is 0 Å². The molecule has 3 atom stereocenters. The first-order valence-electron chi connectivity index (χ1n) is 4.81. The van der Waals surface area contributed by atoms with Gasteiger partial charge in [-0.05, 0) is 25.7 Å². The Kier molecular flexibility index (Phi) is 3.27. The van der Waals surface area contributed by atoms with Gasteiger partial charge in [0.15, 0.2) is 0 Å². The zero-order valence-electron chi connectivity index (χ0n) is 7.92. The molecule has 0 radical (unpaired) electrons. The Balaban J connectivity index is 2.53. The average Bonchev–Trinajstić information content (AvgIpc) is 2.04. The molecule has 12 heavy (non-hydrogen) atoms. The average molecular weight is 170 g/mol. The van der Waals surface area contributed by atoms with Crippen molar-refractivity contribution in [2.45, 2.75) is 45.6 Å². The molecule has 0 aromatic heterocycles. The molecule has 1 aliphatic carbocycles. The highest BCUT2D eigenvalue weighted by Gasteiger charge is 2.29. The van der Waals surface area contributed by atoms with Crippen LogP contribution < -0.4 is 0 Å². The van der Waals surface area contributed by atoms with Gasteiger partial charge in [-0.1, -0.05) is 19.8 Å². The maximum Gasteiger partial charge on any atom is 0.133 e. The largest absolute Gasteiger partial charge is 0.393 e. The lowest BCUT2D eigenvalue weighted by atomic mass is 9.77. The maximum atomic E-state index is 11.1. The molecule has 70 valence electrons. The molecule has 1 aliphatic rings. The summed E-state index contributed by atoms with van der Waals surface area (Å²) in [5.41, 5.74) is 0. The summed E-state index contributed by atoms with van der Waals surface area (Å²) in [4.78, 5) is 11.1. The van der Waals surface area contributed by atoms with E-state index in [0.29, 0.717) is 0 Å². The van der Waals surface area contributed by atoms with E-state index in [1.165, 1.54) is 6.42 Å². The van der Waals surface area contributed by atoms with Crippen molar-refractivity contribution >= 4 is 5.78 Å². The van der Waals surface area contributed by atoms with Crippen molar-refractivity contribution in [2.75, 3.05) is 0 Å². The molecule has 0 aliphatic heterocycles. The van der Waals surface area contributed by atoms with E-state index in [-0.39, 0.29) is 23.7 Å². The molecule has 0 bridgehead atoms. The van der Waals surface area contributed by atoms with E-state index in [0.717, 1.165) is 19.3 Å². The van der Waals surface area contributed by atoms with E-state index < -0.39 is 0 Å². The summed E-state index contributed by atoms with van der Waals surface area (Å²) in [7, 11) is 0. The maximum absolute atomic E-state index is 11.1. The van der Waals surface area contributed by atoms with Crippen molar-refractivity contribution in [3.8, 4) is 0 Å². The second-order valence-corrected chi connectivity index (χ2v) is 3.91. The van der Waals surface area contributed by atoms with E-state index >= 15 is 0 Å². The minimum Gasteiger partial charge on any atom is -0.393 e. The van der Waals surface area contributed by atoms with Gasteiger partial charge in [-0.2, -0.15) is 0 Å². The Bertz CT molecular complexity index is 165. The van der Waals surface area contributed by atoms with Crippen LogP contribution in [0.1, 0.15) is 39.5 Å². The molecule has 0 amide bonds. The third kappa shape index (κ3) is 2.07. The lowest BCUT2D eigenvalue weighted by Gasteiger charge is -2.31. The zero-order chi connectivity index (χ0) is 9.14. The van der Waals surface area contributed by atoms with Crippen LogP contribution in [0.5, 0.6) is 0 Å². The molecule has 3 unspecified atom stereocenters. The summed E-state index contributed by atoms with van der Waals surface area (Å²) < 4.78 is 0. The summed E-state index contributed by atoms with van der Waals surface area (Å²) in [5.74, 6) is 0.470. The van der Waals surface area contributed by atoms with Gasteiger partial charge in [0.2, 0.25) is 0 Å². The zero-order valence-corrected chi connectivity index (χ0v) is 7.92. The van der Waals surface area contributed by atoms with Crippen molar-refractivity contribution in [2.24, 2.45) is 11.8 Å². The van der Waals surface area contributed by atoms with Crippen molar-refractivity contribution in [1.29, 1.82) is 0 Å². The van der Waals surface area contributed by atoms with Crippen LogP contribution in [0.2, 0.25) is 0 Å². The summed E-state index contributed by atoms with van der Waals surface area (Å²) in [6.07, 6.45) is 3.93. The van der Waals surface area contributed by atoms with Gasteiger partial charge in [0.25, 0.3) is 0 Å². The first kappa shape index (κ1) is 9.72. The van der Waals surface area contributed by atoms with Crippen molar-refractivity contribution in [3.63, 3.8) is 0 Å². The van der Waals surface area contributed by atoms with Crippen LogP contribution in [0.25, 0.3) is 0 Å². The highest BCUT2D eigenvalue weighted by Crippen LogP contribution is 2.30. The van der Waals surface area contributed by atoms with Crippen LogP contribution in [-0.2, 0) is 4.79 Å². The Morgan fingerprint density at radius 1 is 1.42 bits per heavy atom. The second kappa shape index (κ2) is 4.04. The summed E-state index contributed by atoms with van der Waals surface area (Å²) in [5, 5.41) is 9.64. The fourth-order valence-electron chi connectivity index (χ4n) is 2.02. The first-order chi connectivity index (χ1) is 5.63. The number of ketones is 1. The van der Waals surface area contributed by atoms with Gasteiger partial charge >= 0.3 is 0 Å². The molecule has 0 heterocycles. The highest BCUT2D eigenvalue weighted by molar-refractivity contribution is 5.78. The number of Topliss-reactive ketones (excluding diaryl/α,β-unsaturated/α-hetero) is 1. The molecule has 2 nitrogen and oxygen atoms in total. The lowest BCUT2D eigenvalue weighted by molar-refractivity contribution is -0.124. The SMILES string of the molecule is CC(=O)C(C)C1CCCCC1O. The summed E-state index contributed by atoms with van der Waals surface area (Å²) in [6.45, 7) is 3.55. The molecule has 1 fully saturated rings. The smallest absolute Gasteiger partial charge is 0.133 e. The van der Waals surface area contributed by atoms with E-state index in [1.807, 2.05) is 6.92 Å². The quantitative estimate of drug-likeness (QED) is 0.685. The lowest BCUT2D eigenvalue weighted by Crippen LogP contribution is -2.32. The minimum atomic E-state index is -0.238. The molecule has 0 saturated heterocycles. The van der Waals surface area contributed by atoms with Crippen molar-refractivity contribution in [3.05, 3.63) is 0 Å². The number of carbonyl (C=O) groups excluding carboxylic acids is 1. The predicted molar refractivity (Wildman–Crippen MR) is 47.8 cm³/mol. The number of hydrogen-bond acceptors (Lipinski definition) is 2. The molecule has 0 aromatic carbocycles. The van der Waals surface area contributed by atoms with Crippen molar-refractivity contribution < 1.29 is 9.90 Å². The molecule has 1 rings (SSSR count). The van der Waals surface area contributed by atoms with E-state index in [1.54, 1.807) is 6.92 Å². The highest BCUT2D eigenvalue weighted by atomic mass is 16.3. The van der Waals surface area contributed by atoms with E-state index in [4.69, 9.17) is 0 Å². The van der Waals surface area contributed by atoms with Crippen LogP contribution in [-0.4, -0.2) is 17.0 Å². The normalized spacial score (nSPS) is 32.9. The standard InChI is InChI=1S/C10H18O2/c1-7(8(2)11)9-5-3-4-6-10(9)12/h7,9-10,12H,3-6H2,1-2H3. The van der Waals surface area contributed by atoms with Gasteiger partial charge in [0.1, 0.15) is 5.78 Å². The predicted octanol–water partition coefficient (Wildman–Crippen LogP) is 1.76. The topological polar surface area (TPSA) is 37.3 Å². The molecule has 0 spiro atoms.